The molecule has 1 amide bonds. The van der Waals surface area contributed by atoms with Crippen LogP contribution in [0.4, 0.5) is 17.3 Å². The average molecular weight is 399 g/mol. The van der Waals surface area contributed by atoms with Gasteiger partial charge in [-0.25, -0.2) is 9.97 Å². The van der Waals surface area contributed by atoms with E-state index in [0.717, 1.165) is 11.3 Å². The van der Waals surface area contributed by atoms with E-state index >= 15 is 0 Å². The first-order valence-electron chi connectivity index (χ1n) is 8.38. The molecule has 3 aromatic rings. The van der Waals surface area contributed by atoms with Crippen LogP contribution < -0.4 is 20.1 Å². The van der Waals surface area contributed by atoms with Gasteiger partial charge in [0.25, 0.3) is 5.91 Å². The molecule has 0 saturated heterocycles. The van der Waals surface area contributed by atoms with Gasteiger partial charge >= 0.3 is 0 Å². The Morgan fingerprint density at radius 1 is 1.00 bits per heavy atom. The smallest absolute Gasteiger partial charge is 0.258 e. The van der Waals surface area contributed by atoms with E-state index in [0.29, 0.717) is 33.7 Å². The van der Waals surface area contributed by atoms with Gasteiger partial charge in [-0.15, -0.1) is 0 Å². The van der Waals surface area contributed by atoms with E-state index in [1.165, 1.54) is 12.4 Å². The van der Waals surface area contributed by atoms with E-state index < -0.39 is 0 Å². The number of methoxy groups -OCH3 is 2. The van der Waals surface area contributed by atoms with Crippen molar-refractivity contribution in [2.24, 2.45) is 0 Å². The molecule has 0 aliphatic heterocycles. The first-order valence-corrected chi connectivity index (χ1v) is 8.76. The van der Waals surface area contributed by atoms with Crippen molar-refractivity contribution in [2.45, 2.75) is 6.92 Å². The van der Waals surface area contributed by atoms with E-state index in [9.17, 15) is 4.79 Å². The maximum Gasteiger partial charge on any atom is 0.258 e. The molecule has 0 saturated carbocycles. The van der Waals surface area contributed by atoms with Crippen molar-refractivity contribution < 1.29 is 14.3 Å². The molecule has 0 bridgehead atoms. The van der Waals surface area contributed by atoms with Gasteiger partial charge in [-0.3, -0.25) is 4.79 Å². The number of rotatable bonds is 6. The van der Waals surface area contributed by atoms with Crippen molar-refractivity contribution in [1.29, 1.82) is 0 Å². The molecule has 144 valence electrons. The molecule has 0 aliphatic rings. The second-order valence-corrected chi connectivity index (χ2v) is 6.34. The third-order valence-electron chi connectivity index (χ3n) is 3.99. The predicted octanol–water partition coefficient (Wildman–Crippen LogP) is 4.45. The molecule has 0 unspecified atom stereocenters. The Morgan fingerprint density at radius 2 is 1.71 bits per heavy atom. The highest BCUT2D eigenvalue weighted by Gasteiger charge is 2.10. The summed E-state index contributed by atoms with van der Waals surface area (Å²) in [7, 11) is 3.14. The van der Waals surface area contributed by atoms with Crippen molar-refractivity contribution in [3.05, 3.63) is 64.9 Å². The molecule has 8 heteroatoms. The first kappa shape index (κ1) is 19.4. The number of carbonyl (C=O) groups is 1. The number of halogens is 1. The highest BCUT2D eigenvalue weighted by molar-refractivity contribution is 6.30. The van der Waals surface area contributed by atoms with Crippen LogP contribution in [0.25, 0.3) is 0 Å². The molecular formula is C20H19ClN4O3. The van der Waals surface area contributed by atoms with E-state index in [1.807, 2.05) is 13.0 Å². The number of hydrogen-bond donors (Lipinski definition) is 2. The van der Waals surface area contributed by atoms with Crippen molar-refractivity contribution >= 4 is 34.8 Å². The summed E-state index contributed by atoms with van der Waals surface area (Å²) in [6.45, 7) is 1.87. The number of aryl methyl sites for hydroxylation is 1. The maximum absolute atomic E-state index is 12.4. The van der Waals surface area contributed by atoms with Crippen LogP contribution in [0.2, 0.25) is 5.02 Å². The Balaban J connectivity index is 1.70. The molecule has 1 aromatic heterocycles. The Labute approximate surface area is 167 Å². The van der Waals surface area contributed by atoms with E-state index in [-0.39, 0.29) is 5.91 Å². The second kappa shape index (κ2) is 8.58. The van der Waals surface area contributed by atoms with Gasteiger partial charge in [-0.2, -0.15) is 0 Å². The monoisotopic (exact) mass is 398 g/mol. The van der Waals surface area contributed by atoms with Gasteiger partial charge in [0.15, 0.2) is 11.5 Å². The second-order valence-electron chi connectivity index (χ2n) is 5.90. The van der Waals surface area contributed by atoms with Gasteiger partial charge in [0.1, 0.15) is 0 Å². The summed E-state index contributed by atoms with van der Waals surface area (Å²) in [5.41, 5.74) is 2.62. The summed E-state index contributed by atoms with van der Waals surface area (Å²) in [6, 6.07) is 10.6. The standard InChI is InChI=1S/C20H19ClN4O3/c1-12-8-14(21)4-6-16(12)25-19(26)13-10-22-20(23-11-13)24-15-5-7-17(27-2)18(9-15)28-3/h4-11H,1-3H3,(H,25,26)(H,22,23,24). The summed E-state index contributed by atoms with van der Waals surface area (Å²) in [4.78, 5) is 20.8. The van der Waals surface area contributed by atoms with E-state index in [2.05, 4.69) is 20.6 Å². The quantitative estimate of drug-likeness (QED) is 0.638. The fourth-order valence-electron chi connectivity index (χ4n) is 2.51. The Morgan fingerprint density at radius 3 is 2.36 bits per heavy atom. The number of amides is 1. The molecule has 0 aliphatic carbocycles. The summed E-state index contributed by atoms with van der Waals surface area (Å²) in [5.74, 6) is 1.26. The van der Waals surface area contributed by atoms with Crippen LogP contribution in [0, 0.1) is 6.92 Å². The van der Waals surface area contributed by atoms with Crippen LogP contribution in [0.3, 0.4) is 0 Å². The van der Waals surface area contributed by atoms with Crippen molar-refractivity contribution in [2.75, 3.05) is 24.9 Å². The van der Waals surface area contributed by atoms with Gasteiger partial charge in [0.05, 0.1) is 19.8 Å². The number of carbonyl (C=O) groups excluding carboxylic acids is 1. The molecule has 0 fully saturated rings. The third kappa shape index (κ3) is 4.50. The van der Waals surface area contributed by atoms with Crippen LogP contribution >= 0.6 is 11.6 Å². The van der Waals surface area contributed by atoms with Crippen molar-refractivity contribution in [1.82, 2.24) is 9.97 Å². The zero-order valence-corrected chi connectivity index (χ0v) is 16.4. The minimum atomic E-state index is -0.303. The lowest BCUT2D eigenvalue weighted by Gasteiger charge is -2.11. The van der Waals surface area contributed by atoms with Crippen molar-refractivity contribution in [3.8, 4) is 11.5 Å². The minimum Gasteiger partial charge on any atom is -0.493 e. The third-order valence-corrected chi connectivity index (χ3v) is 4.23. The predicted molar refractivity (Wildman–Crippen MR) is 109 cm³/mol. The SMILES string of the molecule is COc1ccc(Nc2ncc(C(=O)Nc3ccc(Cl)cc3C)cn2)cc1OC. The highest BCUT2D eigenvalue weighted by Crippen LogP contribution is 2.30. The van der Waals surface area contributed by atoms with E-state index in [1.54, 1.807) is 44.6 Å². The number of benzene rings is 2. The van der Waals surface area contributed by atoms with Crippen LogP contribution in [-0.4, -0.2) is 30.1 Å². The molecule has 0 atom stereocenters. The summed E-state index contributed by atoms with van der Waals surface area (Å²) >= 11 is 5.94. The molecule has 7 nitrogen and oxygen atoms in total. The zero-order valence-electron chi connectivity index (χ0n) is 15.6. The highest BCUT2D eigenvalue weighted by atomic mass is 35.5. The molecule has 0 spiro atoms. The molecule has 2 aromatic carbocycles. The number of nitrogens with zero attached hydrogens (tertiary/aromatic N) is 2. The lowest BCUT2D eigenvalue weighted by Crippen LogP contribution is -2.13. The Hall–Kier alpha value is -3.32. The molecule has 0 radical (unpaired) electrons. The summed E-state index contributed by atoms with van der Waals surface area (Å²) in [5, 5.41) is 6.49. The van der Waals surface area contributed by atoms with Gasteiger partial charge in [-0.05, 0) is 42.8 Å². The van der Waals surface area contributed by atoms with Gasteiger partial charge in [0.2, 0.25) is 5.95 Å². The molecule has 3 rings (SSSR count). The number of nitrogens with one attached hydrogen (secondary N) is 2. The largest absolute Gasteiger partial charge is 0.493 e. The van der Waals surface area contributed by atoms with Gasteiger partial charge in [0, 0.05) is 34.9 Å². The normalized spacial score (nSPS) is 10.3. The Bertz CT molecular complexity index is 993. The van der Waals surface area contributed by atoms with E-state index in [4.69, 9.17) is 21.1 Å². The minimum absolute atomic E-state index is 0.303. The summed E-state index contributed by atoms with van der Waals surface area (Å²) < 4.78 is 10.5. The first-order chi connectivity index (χ1) is 13.5. The van der Waals surface area contributed by atoms with Crippen molar-refractivity contribution in [3.63, 3.8) is 0 Å². The fourth-order valence-corrected chi connectivity index (χ4v) is 2.74. The summed E-state index contributed by atoms with van der Waals surface area (Å²) in [6.07, 6.45) is 2.91. The molecule has 2 N–H and O–H groups in total. The topological polar surface area (TPSA) is 85.4 Å². The lowest BCUT2D eigenvalue weighted by molar-refractivity contribution is 0.102. The molecule has 1 heterocycles. The number of hydrogen-bond acceptors (Lipinski definition) is 6. The average Bonchev–Trinajstić information content (AvgIpc) is 2.70. The zero-order chi connectivity index (χ0) is 20.1. The number of aromatic nitrogens is 2. The molecule has 28 heavy (non-hydrogen) atoms. The maximum atomic E-state index is 12.4. The fraction of sp³-hybridized carbons (Fsp3) is 0.150. The Kier molecular flexibility index (Phi) is 5.96. The molecular weight excluding hydrogens is 380 g/mol. The van der Waals surface area contributed by atoms with Gasteiger partial charge in [-0.1, -0.05) is 11.6 Å². The number of ether oxygens (including phenoxy) is 2. The van der Waals surface area contributed by atoms with Crippen LogP contribution in [0.1, 0.15) is 15.9 Å². The van der Waals surface area contributed by atoms with Crippen LogP contribution in [0.5, 0.6) is 11.5 Å². The van der Waals surface area contributed by atoms with Crippen LogP contribution in [-0.2, 0) is 0 Å². The lowest BCUT2D eigenvalue weighted by atomic mass is 10.2. The van der Waals surface area contributed by atoms with Gasteiger partial charge < -0.3 is 20.1 Å². The number of anilines is 3. The van der Waals surface area contributed by atoms with Crippen LogP contribution in [0.15, 0.2) is 48.8 Å².